The van der Waals surface area contributed by atoms with Crippen LogP contribution in [0.5, 0.6) is 0 Å². The minimum Gasteiger partial charge on any atom is -0.376 e. The number of nitrogens with one attached hydrogen (secondary N) is 1. The predicted octanol–water partition coefficient (Wildman–Crippen LogP) is 2.53. The molecule has 1 saturated carbocycles. The molecule has 0 bridgehead atoms. The van der Waals surface area contributed by atoms with Gasteiger partial charge >= 0.3 is 0 Å². The third-order valence-corrected chi connectivity index (χ3v) is 5.55. The van der Waals surface area contributed by atoms with Crippen LogP contribution >= 0.6 is 11.3 Å². The van der Waals surface area contributed by atoms with Gasteiger partial charge in [-0.15, -0.1) is 11.3 Å². The van der Waals surface area contributed by atoms with Crippen LogP contribution in [0, 0.1) is 0 Å². The maximum absolute atomic E-state index is 12.6. The summed E-state index contributed by atoms with van der Waals surface area (Å²) in [4.78, 5) is 15.8. The Balaban J connectivity index is 1.82. The van der Waals surface area contributed by atoms with Crippen LogP contribution in [-0.4, -0.2) is 36.1 Å². The summed E-state index contributed by atoms with van der Waals surface area (Å²) < 4.78 is 5.70. The van der Waals surface area contributed by atoms with Crippen LogP contribution in [0.15, 0.2) is 17.5 Å². The first-order chi connectivity index (χ1) is 9.69. The summed E-state index contributed by atoms with van der Waals surface area (Å²) in [5.41, 5.74) is -0.116. The van der Waals surface area contributed by atoms with Crippen molar-refractivity contribution in [2.75, 3.05) is 13.7 Å². The molecule has 0 spiro atoms. The molecular weight excluding hydrogens is 272 g/mol. The van der Waals surface area contributed by atoms with Crippen LogP contribution < -0.4 is 5.32 Å². The van der Waals surface area contributed by atoms with E-state index < -0.39 is 0 Å². The number of nitrogens with zero attached hydrogens (tertiary/aromatic N) is 1. The smallest absolute Gasteiger partial charge is 0.241 e. The summed E-state index contributed by atoms with van der Waals surface area (Å²) in [6, 6.07) is 4.08. The summed E-state index contributed by atoms with van der Waals surface area (Å²) in [6.45, 7) is 2.76. The fraction of sp³-hybridized carbons (Fsp3) is 0.667. The van der Waals surface area contributed by atoms with Gasteiger partial charge in [0.2, 0.25) is 5.91 Å². The van der Waals surface area contributed by atoms with Crippen molar-refractivity contribution in [1.29, 1.82) is 0 Å². The van der Waals surface area contributed by atoms with Gasteiger partial charge < -0.3 is 9.64 Å². The summed E-state index contributed by atoms with van der Waals surface area (Å²) in [5.74, 6) is 0.217. The third-order valence-electron chi connectivity index (χ3n) is 4.63. The maximum Gasteiger partial charge on any atom is 0.241 e. The van der Waals surface area contributed by atoms with Crippen LogP contribution in [0.2, 0.25) is 0 Å². The van der Waals surface area contributed by atoms with Gasteiger partial charge in [-0.05, 0) is 37.1 Å². The summed E-state index contributed by atoms with van der Waals surface area (Å²) in [7, 11) is 1.77. The molecule has 4 nitrogen and oxygen atoms in total. The molecule has 2 fully saturated rings. The highest BCUT2D eigenvalue weighted by molar-refractivity contribution is 7.10. The zero-order chi connectivity index (χ0) is 14.2. The van der Waals surface area contributed by atoms with E-state index in [0.717, 1.165) is 19.3 Å². The highest BCUT2D eigenvalue weighted by atomic mass is 32.1. The van der Waals surface area contributed by atoms with Crippen LogP contribution in [0.25, 0.3) is 0 Å². The van der Waals surface area contributed by atoms with E-state index in [1.165, 1.54) is 11.3 Å². The first-order valence-corrected chi connectivity index (χ1v) is 8.22. The fourth-order valence-corrected chi connectivity index (χ4v) is 3.93. The highest BCUT2D eigenvalue weighted by Gasteiger charge is 2.46. The molecule has 0 aromatic carbocycles. The van der Waals surface area contributed by atoms with E-state index in [1.807, 2.05) is 11.0 Å². The van der Waals surface area contributed by atoms with Crippen molar-refractivity contribution in [3.05, 3.63) is 22.4 Å². The lowest BCUT2D eigenvalue weighted by molar-refractivity contribution is -0.140. The Morgan fingerprint density at radius 1 is 1.55 bits per heavy atom. The number of ether oxygens (including phenoxy) is 1. The van der Waals surface area contributed by atoms with Crippen LogP contribution in [0.4, 0.5) is 0 Å². The maximum atomic E-state index is 12.6. The number of hydrogen-bond donors (Lipinski definition) is 1. The molecule has 2 aliphatic rings. The Kier molecular flexibility index (Phi) is 3.84. The zero-order valence-electron chi connectivity index (χ0n) is 12.1. The molecule has 2 heterocycles. The molecule has 2 unspecified atom stereocenters. The standard InChI is InChI=1S/C15H22N2O2S/c1-3-11-14(18)17(10-15(19-2)7-5-8-15)13(16-11)12-6-4-9-20-12/h4,6,9,11,13,16H,3,5,7-8,10H2,1-2H3. The van der Waals surface area contributed by atoms with Gasteiger partial charge in [-0.1, -0.05) is 13.0 Å². The molecule has 1 aliphatic heterocycles. The number of thiophene rings is 1. The zero-order valence-corrected chi connectivity index (χ0v) is 12.9. The lowest BCUT2D eigenvalue weighted by atomic mass is 9.79. The highest BCUT2D eigenvalue weighted by Crippen LogP contribution is 2.39. The van der Waals surface area contributed by atoms with Gasteiger partial charge in [0.15, 0.2) is 0 Å². The van der Waals surface area contributed by atoms with Crippen molar-refractivity contribution in [2.24, 2.45) is 0 Å². The minimum absolute atomic E-state index is 0.0140. The van der Waals surface area contributed by atoms with Gasteiger partial charge in [0.25, 0.3) is 0 Å². The van der Waals surface area contributed by atoms with Gasteiger partial charge in [-0.25, -0.2) is 0 Å². The summed E-state index contributed by atoms with van der Waals surface area (Å²) in [5, 5.41) is 5.53. The van der Waals surface area contributed by atoms with Crippen molar-refractivity contribution in [2.45, 2.75) is 50.4 Å². The summed E-state index contributed by atoms with van der Waals surface area (Å²) in [6.07, 6.45) is 4.16. The second-order valence-electron chi connectivity index (χ2n) is 5.75. The van der Waals surface area contributed by atoms with E-state index in [2.05, 4.69) is 23.7 Å². The molecular formula is C15H22N2O2S. The summed E-state index contributed by atoms with van der Waals surface area (Å²) >= 11 is 1.70. The first-order valence-electron chi connectivity index (χ1n) is 7.34. The Bertz CT molecular complexity index is 465. The largest absolute Gasteiger partial charge is 0.376 e. The number of hydrogen-bond acceptors (Lipinski definition) is 4. The molecule has 3 rings (SSSR count). The quantitative estimate of drug-likeness (QED) is 0.907. The Labute approximate surface area is 124 Å². The molecule has 1 aromatic rings. The number of methoxy groups -OCH3 is 1. The Hall–Kier alpha value is -0.910. The van der Waals surface area contributed by atoms with Gasteiger partial charge in [0.05, 0.1) is 18.2 Å². The second-order valence-corrected chi connectivity index (χ2v) is 6.73. The Morgan fingerprint density at radius 3 is 2.85 bits per heavy atom. The average Bonchev–Trinajstić information content (AvgIpc) is 3.02. The van der Waals surface area contributed by atoms with Gasteiger partial charge in [0, 0.05) is 12.0 Å². The van der Waals surface area contributed by atoms with Crippen molar-refractivity contribution in [3.8, 4) is 0 Å². The molecule has 2 atom stereocenters. The molecule has 1 amide bonds. The Morgan fingerprint density at radius 2 is 2.35 bits per heavy atom. The van der Waals surface area contributed by atoms with Gasteiger partial charge in [0.1, 0.15) is 6.17 Å². The first kappa shape index (κ1) is 14.0. The number of rotatable bonds is 5. The molecule has 20 heavy (non-hydrogen) atoms. The lowest BCUT2D eigenvalue weighted by Crippen LogP contribution is -2.51. The number of carbonyl (C=O) groups excluding carboxylic acids is 1. The van der Waals surface area contributed by atoms with E-state index in [4.69, 9.17) is 4.74 Å². The molecule has 0 radical (unpaired) electrons. The molecule has 5 heteroatoms. The number of carbonyl (C=O) groups is 1. The molecule has 110 valence electrons. The molecule has 1 aromatic heterocycles. The van der Waals surface area contributed by atoms with E-state index in [1.54, 1.807) is 18.4 Å². The SMILES string of the molecule is CCC1NC(c2cccs2)N(CC2(OC)CCC2)C1=O. The second kappa shape index (κ2) is 5.47. The topological polar surface area (TPSA) is 41.6 Å². The van der Waals surface area contributed by atoms with E-state index in [-0.39, 0.29) is 23.7 Å². The van der Waals surface area contributed by atoms with Crippen molar-refractivity contribution in [1.82, 2.24) is 10.2 Å². The minimum atomic E-state index is -0.116. The van der Waals surface area contributed by atoms with Crippen LogP contribution in [0.1, 0.15) is 43.6 Å². The van der Waals surface area contributed by atoms with Gasteiger partial charge in [-0.3, -0.25) is 10.1 Å². The van der Waals surface area contributed by atoms with Crippen molar-refractivity contribution >= 4 is 17.2 Å². The fourth-order valence-electron chi connectivity index (χ4n) is 3.13. The molecule has 1 aliphatic carbocycles. The normalized spacial score (nSPS) is 28.7. The molecule has 1 saturated heterocycles. The van der Waals surface area contributed by atoms with Gasteiger partial charge in [-0.2, -0.15) is 0 Å². The van der Waals surface area contributed by atoms with Crippen LogP contribution in [-0.2, 0) is 9.53 Å². The number of amides is 1. The average molecular weight is 294 g/mol. The third kappa shape index (κ3) is 2.28. The predicted molar refractivity (Wildman–Crippen MR) is 79.6 cm³/mol. The van der Waals surface area contributed by atoms with E-state index in [9.17, 15) is 4.79 Å². The van der Waals surface area contributed by atoms with E-state index >= 15 is 0 Å². The lowest BCUT2D eigenvalue weighted by Gasteiger charge is -2.44. The van der Waals surface area contributed by atoms with Crippen LogP contribution in [0.3, 0.4) is 0 Å². The van der Waals surface area contributed by atoms with Crippen molar-refractivity contribution < 1.29 is 9.53 Å². The van der Waals surface area contributed by atoms with E-state index in [0.29, 0.717) is 6.54 Å². The molecule has 1 N–H and O–H groups in total. The van der Waals surface area contributed by atoms with Crippen molar-refractivity contribution in [3.63, 3.8) is 0 Å². The monoisotopic (exact) mass is 294 g/mol.